The molecule has 0 bridgehead atoms. The fourth-order valence-electron chi connectivity index (χ4n) is 2.32. The topological polar surface area (TPSA) is 52.3 Å². The number of carbonyl (C=O) groups is 1. The average Bonchev–Trinajstić information content (AvgIpc) is 2.43. The van der Waals surface area contributed by atoms with Gasteiger partial charge in [0.05, 0.1) is 7.11 Å². The Labute approximate surface area is 113 Å². The summed E-state index contributed by atoms with van der Waals surface area (Å²) >= 11 is 0. The Morgan fingerprint density at radius 1 is 1.53 bits per heavy atom. The molecule has 0 aromatic heterocycles. The first-order valence-corrected chi connectivity index (χ1v) is 6.54. The number of rotatable bonds is 6. The zero-order valence-corrected chi connectivity index (χ0v) is 11.8. The van der Waals surface area contributed by atoms with Crippen molar-refractivity contribution in [2.45, 2.75) is 32.1 Å². The fraction of sp³-hybridized carbons (Fsp3) is 0.533. The molecular weight excluding hydrogens is 245 g/mol. The van der Waals surface area contributed by atoms with Crippen LogP contribution in [-0.4, -0.2) is 19.6 Å². The van der Waals surface area contributed by atoms with Crippen molar-refractivity contribution in [1.29, 1.82) is 0 Å². The van der Waals surface area contributed by atoms with Gasteiger partial charge in [-0.3, -0.25) is 4.79 Å². The lowest BCUT2D eigenvalue weighted by atomic mass is 9.73. The zero-order chi connectivity index (χ0) is 14.5. The first-order chi connectivity index (χ1) is 9.00. The summed E-state index contributed by atoms with van der Waals surface area (Å²) in [5.41, 5.74) is 5.47. The third-order valence-corrected chi connectivity index (χ3v) is 3.70. The highest BCUT2D eigenvalue weighted by atomic mass is 19.1. The minimum Gasteiger partial charge on any atom is -0.468 e. The van der Waals surface area contributed by atoms with Gasteiger partial charge in [0.25, 0.3) is 0 Å². The molecule has 0 fully saturated rings. The van der Waals surface area contributed by atoms with Crippen LogP contribution in [0.2, 0.25) is 0 Å². The predicted octanol–water partition coefficient (Wildman–Crippen LogP) is 2.63. The normalized spacial score (nSPS) is 15.6. The molecule has 0 aliphatic rings. The Kier molecular flexibility index (Phi) is 5.48. The number of carbonyl (C=O) groups excluding carboxylic acids is 1. The summed E-state index contributed by atoms with van der Waals surface area (Å²) in [6.07, 6.45) is 1.48. The highest BCUT2D eigenvalue weighted by Gasteiger charge is 2.41. The van der Waals surface area contributed by atoms with Crippen molar-refractivity contribution < 1.29 is 13.9 Å². The predicted molar refractivity (Wildman–Crippen MR) is 73.2 cm³/mol. The van der Waals surface area contributed by atoms with Gasteiger partial charge < -0.3 is 10.5 Å². The molecular formula is C15H22FNO2. The molecule has 1 aromatic carbocycles. The van der Waals surface area contributed by atoms with E-state index >= 15 is 0 Å². The number of ether oxygens (including phenoxy) is 1. The van der Waals surface area contributed by atoms with Gasteiger partial charge in [-0.1, -0.05) is 32.4 Å². The highest BCUT2D eigenvalue weighted by Crippen LogP contribution is 2.33. The molecule has 1 rings (SSSR count). The number of methoxy groups -OCH3 is 1. The number of hydrogen-bond acceptors (Lipinski definition) is 3. The maximum atomic E-state index is 13.4. The van der Waals surface area contributed by atoms with Gasteiger partial charge in [0.2, 0.25) is 0 Å². The van der Waals surface area contributed by atoms with Gasteiger partial charge in [0.1, 0.15) is 11.2 Å². The molecule has 0 heterocycles. The number of hydrogen-bond donors (Lipinski definition) is 1. The van der Waals surface area contributed by atoms with Crippen LogP contribution in [0.3, 0.4) is 0 Å². The van der Waals surface area contributed by atoms with Crippen LogP contribution in [0.15, 0.2) is 24.3 Å². The molecule has 0 saturated heterocycles. The lowest BCUT2D eigenvalue weighted by Crippen LogP contribution is -2.45. The Hall–Kier alpha value is -1.42. The Balaban J connectivity index is 3.27. The summed E-state index contributed by atoms with van der Waals surface area (Å²) in [6, 6.07) is 6.04. The molecule has 0 amide bonds. The molecule has 0 aliphatic heterocycles. The second-order valence-electron chi connectivity index (χ2n) is 5.01. The van der Waals surface area contributed by atoms with E-state index in [0.29, 0.717) is 17.9 Å². The number of benzene rings is 1. The van der Waals surface area contributed by atoms with E-state index in [4.69, 9.17) is 10.5 Å². The second-order valence-corrected chi connectivity index (χ2v) is 5.01. The van der Waals surface area contributed by atoms with Crippen molar-refractivity contribution in [3.8, 4) is 0 Å². The third kappa shape index (κ3) is 3.32. The Bertz CT molecular complexity index is 436. The molecule has 0 radical (unpaired) electrons. The van der Waals surface area contributed by atoms with Crippen molar-refractivity contribution in [2.24, 2.45) is 11.7 Å². The van der Waals surface area contributed by atoms with Crippen LogP contribution in [0.5, 0.6) is 0 Å². The van der Waals surface area contributed by atoms with Crippen LogP contribution in [0.25, 0.3) is 0 Å². The molecule has 0 spiro atoms. The molecule has 1 aromatic rings. The van der Waals surface area contributed by atoms with Gasteiger partial charge in [-0.25, -0.2) is 4.39 Å². The lowest BCUT2D eigenvalue weighted by molar-refractivity contribution is -0.148. The van der Waals surface area contributed by atoms with Crippen molar-refractivity contribution in [3.05, 3.63) is 35.6 Å². The van der Waals surface area contributed by atoms with E-state index in [1.54, 1.807) is 12.1 Å². The zero-order valence-electron chi connectivity index (χ0n) is 11.8. The first kappa shape index (κ1) is 15.6. The van der Waals surface area contributed by atoms with E-state index in [-0.39, 0.29) is 12.4 Å². The summed E-state index contributed by atoms with van der Waals surface area (Å²) in [5, 5.41) is 0. The van der Waals surface area contributed by atoms with E-state index in [1.807, 2.05) is 6.92 Å². The number of esters is 1. The second kappa shape index (κ2) is 6.66. The van der Waals surface area contributed by atoms with E-state index in [2.05, 4.69) is 6.92 Å². The Morgan fingerprint density at radius 2 is 2.21 bits per heavy atom. The monoisotopic (exact) mass is 267 g/mol. The molecule has 106 valence electrons. The van der Waals surface area contributed by atoms with Crippen molar-refractivity contribution in [1.82, 2.24) is 0 Å². The summed E-state index contributed by atoms with van der Waals surface area (Å²) in [5.74, 6) is -0.477. The summed E-state index contributed by atoms with van der Waals surface area (Å²) < 4.78 is 18.3. The van der Waals surface area contributed by atoms with E-state index in [1.165, 1.54) is 19.2 Å². The van der Waals surface area contributed by atoms with Gasteiger partial charge >= 0.3 is 5.97 Å². The fourth-order valence-corrected chi connectivity index (χ4v) is 2.32. The highest BCUT2D eigenvalue weighted by molar-refractivity contribution is 5.83. The minimum atomic E-state index is -0.966. The minimum absolute atomic E-state index is 0.105. The van der Waals surface area contributed by atoms with Gasteiger partial charge in [-0.2, -0.15) is 0 Å². The summed E-state index contributed by atoms with van der Waals surface area (Å²) in [4.78, 5) is 12.2. The van der Waals surface area contributed by atoms with Crippen molar-refractivity contribution in [2.75, 3.05) is 13.7 Å². The molecule has 4 heteroatoms. The maximum Gasteiger partial charge on any atom is 0.317 e. The third-order valence-electron chi connectivity index (χ3n) is 3.70. The van der Waals surface area contributed by atoms with Crippen LogP contribution in [0.1, 0.15) is 32.3 Å². The standard InChI is InChI=1S/C15H22FNO2/c1-4-11(2)9-15(10-17,14(18)19-3)12-6-5-7-13(16)8-12/h5-8,11H,4,9-10,17H2,1-3H3. The molecule has 3 nitrogen and oxygen atoms in total. The Morgan fingerprint density at radius 3 is 2.68 bits per heavy atom. The van der Waals surface area contributed by atoms with Crippen LogP contribution in [-0.2, 0) is 14.9 Å². The summed E-state index contributed by atoms with van der Waals surface area (Å²) in [6.45, 7) is 4.20. The van der Waals surface area contributed by atoms with Crippen LogP contribution in [0.4, 0.5) is 4.39 Å². The van der Waals surface area contributed by atoms with Gasteiger partial charge in [-0.05, 0) is 30.0 Å². The van der Waals surface area contributed by atoms with Gasteiger partial charge in [-0.15, -0.1) is 0 Å². The van der Waals surface area contributed by atoms with Crippen LogP contribution < -0.4 is 5.73 Å². The van der Waals surface area contributed by atoms with Crippen molar-refractivity contribution in [3.63, 3.8) is 0 Å². The van der Waals surface area contributed by atoms with Crippen LogP contribution >= 0.6 is 0 Å². The van der Waals surface area contributed by atoms with E-state index in [9.17, 15) is 9.18 Å². The van der Waals surface area contributed by atoms with Crippen molar-refractivity contribution >= 4 is 5.97 Å². The molecule has 2 unspecified atom stereocenters. The molecule has 0 saturated carbocycles. The molecule has 0 aliphatic carbocycles. The van der Waals surface area contributed by atoms with E-state index < -0.39 is 11.4 Å². The number of nitrogens with two attached hydrogens (primary N) is 1. The maximum absolute atomic E-state index is 13.4. The molecule has 19 heavy (non-hydrogen) atoms. The summed E-state index contributed by atoms with van der Waals surface area (Å²) in [7, 11) is 1.34. The molecule has 2 atom stereocenters. The first-order valence-electron chi connectivity index (χ1n) is 6.54. The van der Waals surface area contributed by atoms with Gasteiger partial charge in [0, 0.05) is 6.54 Å². The van der Waals surface area contributed by atoms with Gasteiger partial charge in [0.15, 0.2) is 0 Å². The van der Waals surface area contributed by atoms with E-state index in [0.717, 1.165) is 6.42 Å². The lowest BCUT2D eigenvalue weighted by Gasteiger charge is -2.32. The SMILES string of the molecule is CCC(C)CC(CN)(C(=O)OC)c1cccc(F)c1. The quantitative estimate of drug-likeness (QED) is 0.806. The molecule has 2 N–H and O–H groups in total. The smallest absolute Gasteiger partial charge is 0.317 e. The largest absolute Gasteiger partial charge is 0.468 e. The number of halogens is 1. The average molecular weight is 267 g/mol. The van der Waals surface area contributed by atoms with Crippen LogP contribution in [0, 0.1) is 11.7 Å².